The molecule has 2 aromatic carbocycles. The Morgan fingerprint density at radius 1 is 1.23 bits per heavy atom. The first-order valence-electron chi connectivity index (χ1n) is 10.3. The van der Waals surface area contributed by atoms with Gasteiger partial charge in [0.25, 0.3) is 0 Å². The summed E-state index contributed by atoms with van der Waals surface area (Å²) in [6, 6.07) is 6.87. The molecule has 1 saturated heterocycles. The van der Waals surface area contributed by atoms with Gasteiger partial charge in [0.05, 0.1) is 25.3 Å². The van der Waals surface area contributed by atoms with E-state index in [1.165, 1.54) is 11.0 Å². The van der Waals surface area contributed by atoms with Crippen molar-refractivity contribution in [2.75, 3.05) is 40.0 Å². The number of benzene rings is 2. The van der Waals surface area contributed by atoms with Crippen molar-refractivity contribution in [3.8, 4) is 17.2 Å². The molecule has 2 aromatic rings. The van der Waals surface area contributed by atoms with Crippen molar-refractivity contribution in [2.24, 2.45) is 0 Å². The molecule has 31 heavy (non-hydrogen) atoms. The number of halogens is 1. The van der Waals surface area contributed by atoms with Crippen molar-refractivity contribution in [1.29, 1.82) is 0 Å². The zero-order valence-electron chi connectivity index (χ0n) is 17.2. The lowest BCUT2D eigenvalue weighted by molar-refractivity contribution is -0.918. The van der Waals surface area contributed by atoms with Gasteiger partial charge in [-0.2, -0.15) is 0 Å². The standard InChI is InChI=1S/C23H23BrN2O5/c1-25-4-6-26(7-5-25)11-18-19(27)3-2-17-21(28)20(31-23(17)18)10-14-8-16(24)9-15-12-29-13-30-22(14)15/h2-3,8-10,27H,4-7,11-13H2,1H3. The van der Waals surface area contributed by atoms with Crippen molar-refractivity contribution < 1.29 is 29.0 Å². The third-order valence-corrected chi connectivity index (χ3v) is 6.47. The number of carbonyl (C=O) groups is 1. The van der Waals surface area contributed by atoms with E-state index in [0.29, 0.717) is 35.8 Å². The zero-order chi connectivity index (χ0) is 21.5. The van der Waals surface area contributed by atoms with Crippen molar-refractivity contribution >= 4 is 27.8 Å². The molecule has 0 bridgehead atoms. The smallest absolute Gasteiger partial charge is 0.231 e. The zero-order valence-corrected chi connectivity index (χ0v) is 18.8. The number of nitrogens with zero attached hydrogens (tertiary/aromatic N) is 1. The lowest BCUT2D eigenvalue weighted by Gasteiger charge is -2.30. The second-order valence-corrected chi connectivity index (χ2v) is 9.10. The molecule has 0 unspecified atom stereocenters. The van der Waals surface area contributed by atoms with Gasteiger partial charge in [-0.05, 0) is 31.3 Å². The van der Waals surface area contributed by atoms with Gasteiger partial charge in [-0.25, -0.2) is 0 Å². The number of piperazine rings is 1. The molecule has 0 spiro atoms. The Morgan fingerprint density at radius 3 is 2.84 bits per heavy atom. The van der Waals surface area contributed by atoms with Crippen LogP contribution in [0.25, 0.3) is 6.08 Å². The number of nitrogens with one attached hydrogen (secondary N) is 1. The molecule has 8 heteroatoms. The molecule has 5 rings (SSSR count). The van der Waals surface area contributed by atoms with E-state index in [-0.39, 0.29) is 24.1 Å². The summed E-state index contributed by atoms with van der Waals surface area (Å²) < 4.78 is 17.9. The Kier molecular flexibility index (Phi) is 5.47. The first-order chi connectivity index (χ1) is 15.0. The predicted molar refractivity (Wildman–Crippen MR) is 115 cm³/mol. The van der Waals surface area contributed by atoms with Crippen LogP contribution in [0.1, 0.15) is 27.0 Å². The molecular weight excluding hydrogens is 464 g/mol. The lowest BCUT2D eigenvalue weighted by atomic mass is 10.0. The second kappa shape index (κ2) is 8.27. The molecule has 3 aliphatic rings. The van der Waals surface area contributed by atoms with Crippen LogP contribution in [0, 0.1) is 0 Å². The summed E-state index contributed by atoms with van der Waals surface area (Å²) in [5.74, 6) is 0.986. The average molecular weight is 487 g/mol. The van der Waals surface area contributed by atoms with E-state index >= 15 is 0 Å². The molecule has 162 valence electrons. The van der Waals surface area contributed by atoms with Crippen LogP contribution in [0.4, 0.5) is 0 Å². The van der Waals surface area contributed by atoms with Gasteiger partial charge in [0.15, 0.2) is 12.6 Å². The van der Waals surface area contributed by atoms with Crippen LogP contribution in [0.15, 0.2) is 34.5 Å². The summed E-state index contributed by atoms with van der Waals surface area (Å²) in [6.45, 7) is 5.06. The summed E-state index contributed by atoms with van der Waals surface area (Å²) in [5.41, 5.74) is 2.66. The van der Waals surface area contributed by atoms with Gasteiger partial charge in [0.1, 0.15) is 18.0 Å². The third kappa shape index (κ3) is 3.96. The molecule has 3 heterocycles. The van der Waals surface area contributed by atoms with Crippen LogP contribution in [0.3, 0.4) is 0 Å². The summed E-state index contributed by atoms with van der Waals surface area (Å²) >= 11 is 3.50. The Morgan fingerprint density at radius 2 is 2.03 bits per heavy atom. The summed E-state index contributed by atoms with van der Waals surface area (Å²) in [4.78, 5) is 16.7. The molecule has 0 atom stereocenters. The molecule has 0 radical (unpaired) electrons. The average Bonchev–Trinajstić information content (AvgIpc) is 3.07. The van der Waals surface area contributed by atoms with E-state index in [1.807, 2.05) is 12.1 Å². The van der Waals surface area contributed by atoms with Gasteiger partial charge in [-0.3, -0.25) is 9.69 Å². The number of Topliss-reactive ketones (excluding diaryl/α,β-unsaturated/α-hetero) is 1. The van der Waals surface area contributed by atoms with Crippen LogP contribution < -0.4 is 19.5 Å². The number of hydrogen-bond donors (Lipinski definition) is 1. The molecule has 0 saturated carbocycles. The van der Waals surface area contributed by atoms with Crippen molar-refractivity contribution in [2.45, 2.75) is 13.2 Å². The normalized spacial score (nSPS) is 20.3. The molecule has 0 amide bonds. The van der Waals surface area contributed by atoms with E-state index in [2.05, 4.69) is 27.9 Å². The Hall–Kier alpha value is -2.39. The Bertz CT molecular complexity index is 1080. The van der Waals surface area contributed by atoms with Gasteiger partial charge < -0.3 is 24.2 Å². The molecule has 0 aromatic heterocycles. The number of carbonyl (C=O) groups excluding carboxylic acids is 1. The van der Waals surface area contributed by atoms with Crippen molar-refractivity contribution in [3.63, 3.8) is 0 Å². The quantitative estimate of drug-likeness (QED) is 0.659. The van der Waals surface area contributed by atoms with Gasteiger partial charge >= 0.3 is 0 Å². The number of quaternary nitrogens is 1. The maximum atomic E-state index is 13.1. The topological polar surface area (TPSA) is 75.5 Å². The number of likely N-dealkylation sites (N-methyl/N-ethyl adjacent to an activating group) is 1. The molecule has 0 aliphatic carbocycles. The lowest BCUT2D eigenvalue weighted by Crippen LogP contribution is -3.13. The molecule has 3 aliphatic heterocycles. The molecule has 1 N–H and O–H groups in total. The predicted octanol–water partition coefficient (Wildman–Crippen LogP) is 1.34. The minimum Gasteiger partial charge on any atom is -0.872 e. The Labute approximate surface area is 188 Å². The fourth-order valence-corrected chi connectivity index (χ4v) is 4.80. The number of fused-ring (bicyclic) bond motifs is 2. The van der Waals surface area contributed by atoms with E-state index in [9.17, 15) is 9.90 Å². The highest BCUT2D eigenvalue weighted by Crippen LogP contribution is 2.40. The van der Waals surface area contributed by atoms with Gasteiger partial charge in [0, 0.05) is 34.3 Å². The van der Waals surface area contributed by atoms with Gasteiger partial charge in [-0.1, -0.05) is 27.7 Å². The number of hydrogen-bond acceptors (Lipinski definition) is 6. The second-order valence-electron chi connectivity index (χ2n) is 8.18. The van der Waals surface area contributed by atoms with Crippen LogP contribution in [0.5, 0.6) is 17.2 Å². The Balaban J connectivity index is 1.47. The van der Waals surface area contributed by atoms with E-state index < -0.39 is 0 Å². The fourth-order valence-electron chi connectivity index (χ4n) is 4.28. The van der Waals surface area contributed by atoms with E-state index in [1.54, 1.807) is 12.1 Å². The van der Waals surface area contributed by atoms with Crippen LogP contribution >= 0.6 is 15.9 Å². The molecular formula is C23H23BrN2O5. The maximum Gasteiger partial charge on any atom is 0.231 e. The maximum absolute atomic E-state index is 13.1. The first-order valence-corrected chi connectivity index (χ1v) is 11.1. The summed E-state index contributed by atoms with van der Waals surface area (Å²) in [5, 5.41) is 12.7. The number of ether oxygens (including phenoxy) is 3. The van der Waals surface area contributed by atoms with E-state index in [4.69, 9.17) is 14.2 Å². The highest BCUT2D eigenvalue weighted by atomic mass is 79.9. The monoisotopic (exact) mass is 486 g/mol. The number of allylic oxidation sites excluding steroid dienone is 1. The minimum atomic E-state index is -0.217. The summed E-state index contributed by atoms with van der Waals surface area (Å²) in [6.07, 6.45) is 1.69. The number of rotatable bonds is 3. The van der Waals surface area contributed by atoms with Gasteiger partial charge in [0.2, 0.25) is 5.78 Å². The van der Waals surface area contributed by atoms with Crippen LogP contribution in [-0.4, -0.2) is 50.7 Å². The minimum absolute atomic E-state index is 0.0838. The highest BCUT2D eigenvalue weighted by molar-refractivity contribution is 9.10. The van der Waals surface area contributed by atoms with Crippen molar-refractivity contribution in [3.05, 3.63) is 56.8 Å². The highest BCUT2D eigenvalue weighted by Gasteiger charge is 2.32. The van der Waals surface area contributed by atoms with E-state index in [0.717, 1.165) is 41.8 Å². The van der Waals surface area contributed by atoms with Crippen LogP contribution in [0.2, 0.25) is 0 Å². The summed E-state index contributed by atoms with van der Waals surface area (Å²) in [7, 11) is 2.10. The van der Waals surface area contributed by atoms with Crippen LogP contribution in [-0.2, 0) is 17.9 Å². The van der Waals surface area contributed by atoms with Crippen molar-refractivity contribution in [1.82, 2.24) is 4.90 Å². The van der Waals surface area contributed by atoms with Gasteiger partial charge in [-0.15, -0.1) is 0 Å². The molecule has 7 nitrogen and oxygen atoms in total. The third-order valence-electron chi connectivity index (χ3n) is 6.01. The molecule has 1 fully saturated rings. The number of ketones is 1. The largest absolute Gasteiger partial charge is 0.872 e. The first kappa shape index (κ1) is 20.5. The fraction of sp³-hybridized carbons (Fsp3) is 0.348. The SMILES string of the molecule is CN1CC[NH+](Cc2c([O-])ccc3c2OC(=Cc2cc(Br)cc4c2OCOC4)C3=O)CC1.